The number of nitrogens with zero attached hydrogens (tertiary/aromatic N) is 1. The number of ketones is 1. The molecule has 1 heterocycles. The molecule has 0 saturated carbocycles. The predicted molar refractivity (Wildman–Crippen MR) is 135 cm³/mol. The van der Waals surface area contributed by atoms with Gasteiger partial charge < -0.3 is 26.0 Å². The molecule has 0 aliphatic carbocycles. The first kappa shape index (κ1) is 32.2. The predicted octanol–water partition coefficient (Wildman–Crippen LogP) is 1.66. The molecule has 1 saturated heterocycles. The first-order chi connectivity index (χ1) is 18.7. The summed E-state index contributed by atoms with van der Waals surface area (Å²) in [5.74, 6) is -6.18. The number of carbonyl (C=O) groups is 6. The van der Waals surface area contributed by atoms with Gasteiger partial charge in [0.1, 0.15) is 12.1 Å². The Morgan fingerprint density at radius 3 is 2.08 bits per heavy atom. The van der Waals surface area contributed by atoms with Gasteiger partial charge in [-0.25, -0.2) is 0 Å². The van der Waals surface area contributed by atoms with Crippen LogP contribution in [0, 0.1) is 5.92 Å². The molecule has 220 valence electrons. The molecule has 0 aromatic heterocycles. The van der Waals surface area contributed by atoms with Gasteiger partial charge in [0, 0.05) is 24.2 Å². The molecule has 4 amide bonds. The molecule has 0 radical (unpaired) electrons. The lowest BCUT2D eigenvalue weighted by molar-refractivity contribution is -0.174. The van der Waals surface area contributed by atoms with Crippen LogP contribution in [0.5, 0.6) is 0 Å². The first-order valence-electron chi connectivity index (χ1n) is 12.8. The van der Waals surface area contributed by atoms with Crippen LogP contribution in [0.1, 0.15) is 67.2 Å². The van der Waals surface area contributed by atoms with Crippen molar-refractivity contribution in [2.24, 2.45) is 5.92 Å². The lowest BCUT2D eigenvalue weighted by atomic mass is 10.0. The largest absolute Gasteiger partial charge is 0.481 e. The summed E-state index contributed by atoms with van der Waals surface area (Å²) in [7, 11) is 0. The van der Waals surface area contributed by atoms with Crippen molar-refractivity contribution in [3.05, 3.63) is 35.4 Å². The Hall–Kier alpha value is -3.97. The van der Waals surface area contributed by atoms with Gasteiger partial charge in [0.05, 0.1) is 12.5 Å². The van der Waals surface area contributed by atoms with Gasteiger partial charge in [-0.2, -0.15) is 13.2 Å². The number of hydrogen-bond donors (Lipinski definition) is 4. The highest BCUT2D eigenvalue weighted by Gasteiger charge is 2.45. The Labute approximate surface area is 228 Å². The minimum absolute atomic E-state index is 0.0676. The van der Waals surface area contributed by atoms with Crippen molar-refractivity contribution in [1.29, 1.82) is 0 Å². The summed E-state index contributed by atoms with van der Waals surface area (Å²) in [6, 6.07) is 1.51. The SMILES string of the molecule is CCC(NC(=O)[C@@H]1CCCN1C(=O)[C@@H](NC(=O)c1ccc(C(=O)NCCC(=O)O)cc1)C(C)C)C(=O)C(F)(F)F. The van der Waals surface area contributed by atoms with Crippen molar-refractivity contribution in [3.8, 4) is 0 Å². The molecule has 0 bridgehead atoms. The van der Waals surface area contributed by atoms with Gasteiger partial charge in [-0.15, -0.1) is 0 Å². The van der Waals surface area contributed by atoms with Crippen LogP contribution in [0.3, 0.4) is 0 Å². The molecular formula is C26H33F3N4O7. The highest BCUT2D eigenvalue weighted by Crippen LogP contribution is 2.23. The molecule has 1 unspecified atom stereocenters. The highest BCUT2D eigenvalue weighted by atomic mass is 19.4. The van der Waals surface area contributed by atoms with Crippen LogP contribution in [0.2, 0.25) is 0 Å². The summed E-state index contributed by atoms with van der Waals surface area (Å²) in [5, 5.41) is 15.8. The van der Waals surface area contributed by atoms with E-state index in [-0.39, 0.29) is 43.5 Å². The van der Waals surface area contributed by atoms with E-state index in [2.05, 4.69) is 16.0 Å². The molecule has 2 rings (SSSR count). The number of alkyl halides is 3. The second-order valence-electron chi connectivity index (χ2n) is 9.69. The number of carbonyl (C=O) groups excluding carboxylic acids is 5. The van der Waals surface area contributed by atoms with Crippen LogP contribution in [-0.2, 0) is 19.2 Å². The van der Waals surface area contributed by atoms with Gasteiger partial charge in [-0.3, -0.25) is 28.8 Å². The third kappa shape index (κ3) is 8.52. The highest BCUT2D eigenvalue weighted by molar-refractivity contribution is 6.00. The van der Waals surface area contributed by atoms with Crippen LogP contribution >= 0.6 is 0 Å². The molecule has 3 atom stereocenters. The molecule has 1 aliphatic heterocycles. The molecule has 4 N–H and O–H groups in total. The fourth-order valence-corrected chi connectivity index (χ4v) is 4.20. The Morgan fingerprint density at radius 2 is 1.57 bits per heavy atom. The standard InChI is InChI=1S/C26H33F3N4O7/c1-4-17(21(36)26(27,28)29)31-24(39)18-6-5-13-33(18)25(40)20(14(2)3)32-23(38)16-9-7-15(8-10-16)22(37)30-12-11-19(34)35/h7-10,14,17-18,20H,4-6,11-13H2,1-3H3,(H,30,37)(H,31,39)(H,32,38)(H,34,35)/t17?,18-,20-/m0/s1. The van der Waals surface area contributed by atoms with E-state index in [1.54, 1.807) is 13.8 Å². The third-order valence-electron chi connectivity index (χ3n) is 6.41. The molecule has 40 heavy (non-hydrogen) atoms. The van der Waals surface area contributed by atoms with Crippen molar-refractivity contribution in [2.75, 3.05) is 13.1 Å². The van der Waals surface area contributed by atoms with Crippen molar-refractivity contribution >= 4 is 35.4 Å². The Kier molecular flexibility index (Phi) is 11.2. The zero-order chi connectivity index (χ0) is 30.2. The molecule has 11 nitrogen and oxygen atoms in total. The van der Waals surface area contributed by atoms with Gasteiger partial charge in [0.2, 0.25) is 11.8 Å². The van der Waals surface area contributed by atoms with Gasteiger partial charge in [-0.05, 0) is 49.4 Å². The fourth-order valence-electron chi connectivity index (χ4n) is 4.20. The summed E-state index contributed by atoms with van der Waals surface area (Å²) < 4.78 is 38.6. The molecule has 1 aliphatic rings. The van der Waals surface area contributed by atoms with Crippen molar-refractivity contribution in [2.45, 2.75) is 70.8 Å². The second kappa shape index (κ2) is 13.9. The van der Waals surface area contributed by atoms with E-state index >= 15 is 0 Å². The number of likely N-dealkylation sites (tertiary alicyclic amines) is 1. The van der Waals surface area contributed by atoms with E-state index in [4.69, 9.17) is 5.11 Å². The first-order valence-corrected chi connectivity index (χ1v) is 12.8. The van der Waals surface area contributed by atoms with Crippen LogP contribution in [0.15, 0.2) is 24.3 Å². The van der Waals surface area contributed by atoms with E-state index in [0.717, 1.165) is 0 Å². The normalized spacial score (nSPS) is 16.7. The van der Waals surface area contributed by atoms with Gasteiger partial charge >= 0.3 is 12.1 Å². The van der Waals surface area contributed by atoms with Crippen LogP contribution < -0.4 is 16.0 Å². The molecular weight excluding hydrogens is 537 g/mol. The van der Waals surface area contributed by atoms with Gasteiger partial charge in [0.25, 0.3) is 17.6 Å². The molecule has 1 fully saturated rings. The number of nitrogens with one attached hydrogen (secondary N) is 3. The quantitative estimate of drug-likeness (QED) is 0.297. The molecule has 1 aromatic rings. The Bertz CT molecular complexity index is 1120. The zero-order valence-corrected chi connectivity index (χ0v) is 22.3. The molecule has 1 aromatic carbocycles. The fraction of sp³-hybridized carbons (Fsp3) is 0.538. The topological polar surface area (TPSA) is 162 Å². The van der Waals surface area contributed by atoms with Gasteiger partial charge in [-0.1, -0.05) is 20.8 Å². The maximum absolute atomic E-state index is 13.4. The van der Waals surface area contributed by atoms with E-state index in [1.807, 2.05) is 0 Å². The Morgan fingerprint density at radius 1 is 1.00 bits per heavy atom. The summed E-state index contributed by atoms with van der Waals surface area (Å²) >= 11 is 0. The van der Waals surface area contributed by atoms with Crippen molar-refractivity contribution in [3.63, 3.8) is 0 Å². The number of Topliss-reactive ketones (excluding diaryl/α,β-unsaturated/α-hetero) is 1. The third-order valence-corrected chi connectivity index (χ3v) is 6.41. The number of benzene rings is 1. The smallest absolute Gasteiger partial charge is 0.452 e. The average molecular weight is 571 g/mol. The summed E-state index contributed by atoms with van der Waals surface area (Å²) in [4.78, 5) is 74.6. The maximum atomic E-state index is 13.4. The zero-order valence-electron chi connectivity index (χ0n) is 22.3. The van der Waals surface area contributed by atoms with Crippen molar-refractivity contribution in [1.82, 2.24) is 20.9 Å². The van der Waals surface area contributed by atoms with Gasteiger partial charge in [0.15, 0.2) is 0 Å². The molecule has 14 heteroatoms. The number of carboxylic acids is 1. The summed E-state index contributed by atoms with van der Waals surface area (Å²) in [6.45, 7) is 4.75. The van der Waals surface area contributed by atoms with Crippen LogP contribution in [0.4, 0.5) is 13.2 Å². The minimum atomic E-state index is -5.12. The number of aliphatic carboxylic acids is 1. The molecule has 0 spiro atoms. The number of carboxylic acid groups (broad SMARTS) is 1. The van der Waals surface area contributed by atoms with Crippen LogP contribution in [0.25, 0.3) is 0 Å². The number of halogens is 3. The van der Waals surface area contributed by atoms with Crippen molar-refractivity contribution < 1.29 is 47.0 Å². The van der Waals surface area contributed by atoms with E-state index in [0.29, 0.717) is 6.42 Å². The summed E-state index contributed by atoms with van der Waals surface area (Å²) in [6.07, 6.45) is -5.06. The van der Waals surface area contributed by atoms with E-state index < -0.39 is 65.6 Å². The number of rotatable bonds is 12. The minimum Gasteiger partial charge on any atom is -0.481 e. The maximum Gasteiger partial charge on any atom is 0.452 e. The van der Waals surface area contributed by atoms with E-state index in [9.17, 15) is 41.9 Å². The lowest BCUT2D eigenvalue weighted by Crippen LogP contribution is -2.57. The second-order valence-corrected chi connectivity index (χ2v) is 9.69. The van der Waals surface area contributed by atoms with Crippen LogP contribution in [-0.4, -0.2) is 82.8 Å². The average Bonchev–Trinajstić information content (AvgIpc) is 3.38. The Balaban J connectivity index is 2.09. The summed E-state index contributed by atoms with van der Waals surface area (Å²) in [5.41, 5.74) is 0.325. The number of hydrogen-bond acceptors (Lipinski definition) is 6. The number of amides is 4. The van der Waals surface area contributed by atoms with E-state index in [1.165, 1.54) is 36.1 Å². The monoisotopic (exact) mass is 570 g/mol. The lowest BCUT2D eigenvalue weighted by Gasteiger charge is -2.31.